The van der Waals surface area contributed by atoms with Crippen molar-refractivity contribution >= 4 is 22.8 Å². The first-order chi connectivity index (χ1) is 16.6. The third kappa shape index (κ3) is 24.5. The monoisotopic (exact) mass is 658 g/mol. The van der Waals surface area contributed by atoms with Crippen LogP contribution in [0.15, 0.2) is 0 Å². The standard InChI is InChI=1S/4C9H18N.Mo/c4*1-8(2,3)7(10)9(4,5)6;/h4*1-6H3;/q4*-1;+4. The molecular weight excluding hydrogens is 584 g/mol. The van der Waals surface area contributed by atoms with Crippen LogP contribution in [0.4, 0.5) is 0 Å². The Morgan fingerprint density at radius 1 is 0.220 bits per heavy atom. The molecule has 5 heteroatoms. The Morgan fingerprint density at radius 2 is 0.268 bits per heavy atom. The number of nitrogens with zero attached hydrogens (tertiary/aromatic N) is 4. The van der Waals surface area contributed by atoms with Crippen LogP contribution in [-0.4, -0.2) is 22.8 Å². The van der Waals surface area contributed by atoms with Crippen molar-refractivity contribution in [2.75, 3.05) is 0 Å². The zero-order valence-corrected chi connectivity index (χ0v) is 34.2. The van der Waals surface area contributed by atoms with E-state index in [4.69, 9.17) is 0 Å². The fraction of sp³-hybridized carbons (Fsp3) is 0.889. The molecule has 0 amide bonds. The molecule has 0 N–H and O–H groups in total. The second kappa shape index (κ2) is 16.4. The molecule has 0 aliphatic heterocycles. The molecule has 0 radical (unpaired) electrons. The van der Waals surface area contributed by atoms with Crippen LogP contribution in [0, 0.1) is 43.3 Å². The molecule has 0 aromatic carbocycles. The van der Waals surface area contributed by atoms with Crippen LogP contribution >= 0.6 is 0 Å². The number of rotatable bonds is 0. The van der Waals surface area contributed by atoms with Gasteiger partial charge in [-0.3, -0.25) is 0 Å². The van der Waals surface area contributed by atoms with E-state index in [1.54, 1.807) is 0 Å². The van der Waals surface area contributed by atoms with Crippen LogP contribution in [0.25, 0.3) is 21.6 Å². The van der Waals surface area contributed by atoms with Gasteiger partial charge in [-0.05, 0) is 43.3 Å². The molecule has 0 bridgehead atoms. The van der Waals surface area contributed by atoms with Gasteiger partial charge in [0.25, 0.3) is 0 Å². The normalized spacial score (nSPS) is 13.1. The van der Waals surface area contributed by atoms with Crippen molar-refractivity contribution < 1.29 is 21.1 Å². The zero-order chi connectivity index (χ0) is 34.3. The van der Waals surface area contributed by atoms with E-state index in [1.165, 1.54) is 0 Å². The van der Waals surface area contributed by atoms with Crippen LogP contribution < -0.4 is 0 Å². The van der Waals surface area contributed by atoms with Crippen molar-refractivity contribution in [3.8, 4) is 0 Å². The molecule has 0 unspecified atom stereocenters. The molecular formula is C36H72MoN4. The first kappa shape index (κ1) is 50.0. The Kier molecular flexibility index (Phi) is 20.1. The molecule has 0 aromatic heterocycles. The summed E-state index contributed by atoms with van der Waals surface area (Å²) in [5.74, 6) is 0. The molecule has 0 saturated heterocycles. The molecule has 0 rings (SSSR count). The summed E-state index contributed by atoms with van der Waals surface area (Å²) < 4.78 is 0. The zero-order valence-electron chi connectivity index (χ0n) is 32.2. The fourth-order valence-electron chi connectivity index (χ4n) is 4.50. The van der Waals surface area contributed by atoms with Crippen molar-refractivity contribution in [3.05, 3.63) is 21.6 Å². The van der Waals surface area contributed by atoms with E-state index in [2.05, 4.69) is 0 Å². The Balaban J connectivity index is -0.000000139. The molecule has 0 heterocycles. The van der Waals surface area contributed by atoms with Crippen LogP contribution in [0.2, 0.25) is 0 Å². The maximum atomic E-state index is 9.64. The summed E-state index contributed by atoms with van der Waals surface area (Å²) in [5.41, 5.74) is 1.60. The SMILES string of the molecule is CC(C)(C)C(=[N-])C(C)(C)C.CC(C)(C)C(=[N-])C(C)(C)C.CC(C)(C)C(=[N-])C(C)(C)C.CC(C)(C)C(=[N-])C(C)(C)C.[Mo+4]. The Bertz CT molecular complexity index is 614. The third-order valence-electron chi connectivity index (χ3n) is 5.68. The summed E-state index contributed by atoms with van der Waals surface area (Å²) in [6.45, 7) is 48.5. The van der Waals surface area contributed by atoms with E-state index in [0.29, 0.717) is 22.8 Å². The molecule has 4 nitrogen and oxygen atoms in total. The topological polar surface area (TPSA) is 89.2 Å². The van der Waals surface area contributed by atoms with Gasteiger partial charge in [0.15, 0.2) is 0 Å². The summed E-state index contributed by atoms with van der Waals surface area (Å²) in [6.07, 6.45) is 0. The van der Waals surface area contributed by atoms with E-state index in [1.807, 2.05) is 166 Å². The maximum Gasteiger partial charge on any atom is 4.00 e. The van der Waals surface area contributed by atoms with Gasteiger partial charge in [-0.15, -0.1) is 0 Å². The molecule has 0 aliphatic rings. The summed E-state index contributed by atoms with van der Waals surface area (Å²) in [7, 11) is 0. The van der Waals surface area contributed by atoms with E-state index in [9.17, 15) is 21.6 Å². The van der Waals surface area contributed by atoms with Crippen LogP contribution in [-0.2, 0) is 21.1 Å². The molecule has 0 aromatic rings. The van der Waals surface area contributed by atoms with Crippen molar-refractivity contribution in [2.45, 2.75) is 166 Å². The molecule has 0 saturated carbocycles. The molecule has 0 aliphatic carbocycles. The van der Waals surface area contributed by atoms with E-state index in [0.717, 1.165) is 0 Å². The minimum Gasteiger partial charge on any atom is -0.810 e. The smallest absolute Gasteiger partial charge is 0.810 e. The molecule has 0 atom stereocenters. The summed E-state index contributed by atoms with van der Waals surface area (Å²) in [5, 5.41) is 38.6. The van der Waals surface area contributed by atoms with Gasteiger partial charge in [0, 0.05) is 0 Å². The number of hydrogen-bond acceptors (Lipinski definition) is 0. The average molecular weight is 657 g/mol. The van der Waals surface area contributed by atoms with Crippen molar-refractivity contribution in [1.29, 1.82) is 0 Å². The Morgan fingerprint density at radius 3 is 0.268 bits per heavy atom. The van der Waals surface area contributed by atoms with Crippen LogP contribution in [0.3, 0.4) is 0 Å². The van der Waals surface area contributed by atoms with Gasteiger partial charge in [-0.25, -0.2) is 0 Å². The Labute approximate surface area is 274 Å². The fourth-order valence-corrected chi connectivity index (χ4v) is 4.50. The van der Waals surface area contributed by atoms with E-state index in [-0.39, 0.29) is 64.4 Å². The van der Waals surface area contributed by atoms with Gasteiger partial charge >= 0.3 is 21.1 Å². The second-order valence-corrected chi connectivity index (χ2v) is 19.4. The second-order valence-electron chi connectivity index (χ2n) is 19.4. The minimum absolute atomic E-state index is 0. The summed E-state index contributed by atoms with van der Waals surface area (Å²) >= 11 is 0. The molecule has 0 spiro atoms. The van der Waals surface area contributed by atoms with Gasteiger partial charge < -0.3 is 21.6 Å². The van der Waals surface area contributed by atoms with Crippen molar-refractivity contribution in [3.63, 3.8) is 0 Å². The Hall–Kier alpha value is -0.632. The molecule has 242 valence electrons. The van der Waals surface area contributed by atoms with Crippen LogP contribution in [0.5, 0.6) is 0 Å². The maximum absolute atomic E-state index is 9.64. The van der Waals surface area contributed by atoms with Gasteiger partial charge in [-0.2, -0.15) is 22.8 Å². The summed E-state index contributed by atoms with van der Waals surface area (Å²) in [6, 6.07) is 0. The van der Waals surface area contributed by atoms with Crippen molar-refractivity contribution in [2.24, 2.45) is 43.3 Å². The van der Waals surface area contributed by atoms with Gasteiger partial charge in [0.2, 0.25) is 0 Å². The number of hydrogen-bond donors (Lipinski definition) is 0. The van der Waals surface area contributed by atoms with Crippen molar-refractivity contribution in [1.82, 2.24) is 0 Å². The minimum atomic E-state index is -0.0851. The summed E-state index contributed by atoms with van der Waals surface area (Å²) in [4.78, 5) is 0. The largest absolute Gasteiger partial charge is 4.00 e. The first-order valence-corrected chi connectivity index (χ1v) is 14.9. The predicted octanol–water partition coefficient (Wildman–Crippen LogP) is 12.4. The van der Waals surface area contributed by atoms with Crippen LogP contribution in [0.1, 0.15) is 166 Å². The quantitative estimate of drug-likeness (QED) is 0.183. The third-order valence-corrected chi connectivity index (χ3v) is 5.68. The average Bonchev–Trinajstić information content (AvgIpc) is 2.61. The predicted molar refractivity (Wildman–Crippen MR) is 189 cm³/mol. The van der Waals surface area contributed by atoms with Gasteiger partial charge in [-0.1, -0.05) is 166 Å². The molecule has 0 fully saturated rings. The van der Waals surface area contributed by atoms with E-state index < -0.39 is 0 Å². The molecule has 41 heavy (non-hydrogen) atoms. The van der Waals surface area contributed by atoms with Gasteiger partial charge in [0.05, 0.1) is 0 Å². The first-order valence-electron chi connectivity index (χ1n) is 14.9. The van der Waals surface area contributed by atoms with Gasteiger partial charge in [0.1, 0.15) is 0 Å². The van der Waals surface area contributed by atoms with E-state index >= 15 is 0 Å².